The lowest BCUT2D eigenvalue weighted by Gasteiger charge is -1.96. The molecular formula is C7H6ClN3O. The highest BCUT2D eigenvalue weighted by Crippen LogP contribution is 2.14. The fraction of sp³-hybridized carbons (Fsp3) is 0.143. The van der Waals surface area contributed by atoms with Crippen LogP contribution in [0.1, 0.15) is 5.56 Å². The lowest BCUT2D eigenvalue weighted by molar-refractivity contribution is 1.02. The molecule has 2 rings (SSSR count). The first-order valence-electron chi connectivity index (χ1n) is 3.41. The maximum Gasteiger partial charge on any atom is 0.347 e. The van der Waals surface area contributed by atoms with Crippen LogP contribution < -0.4 is 5.69 Å². The Morgan fingerprint density at radius 3 is 3.17 bits per heavy atom. The minimum atomic E-state index is -0.271. The van der Waals surface area contributed by atoms with Gasteiger partial charge >= 0.3 is 5.69 Å². The van der Waals surface area contributed by atoms with Crippen molar-refractivity contribution in [3.8, 4) is 0 Å². The van der Waals surface area contributed by atoms with Crippen molar-refractivity contribution in [3.05, 3.63) is 33.3 Å². The van der Waals surface area contributed by atoms with Gasteiger partial charge in [-0.3, -0.25) is 0 Å². The van der Waals surface area contributed by atoms with E-state index in [9.17, 15) is 4.79 Å². The largest absolute Gasteiger partial charge is 0.347 e. The van der Waals surface area contributed by atoms with Gasteiger partial charge in [0.1, 0.15) is 0 Å². The number of pyridine rings is 1. The van der Waals surface area contributed by atoms with Crippen LogP contribution in [0.4, 0.5) is 0 Å². The van der Waals surface area contributed by atoms with Crippen LogP contribution >= 0.6 is 11.6 Å². The molecule has 0 aliphatic carbocycles. The summed E-state index contributed by atoms with van der Waals surface area (Å²) in [4.78, 5) is 11.0. The molecule has 0 saturated carbocycles. The molecule has 0 bridgehead atoms. The second-order valence-electron chi connectivity index (χ2n) is 2.56. The average molecular weight is 184 g/mol. The van der Waals surface area contributed by atoms with Gasteiger partial charge in [0.05, 0.1) is 5.02 Å². The second kappa shape index (κ2) is 2.35. The number of fused-ring (bicyclic) bond motifs is 1. The van der Waals surface area contributed by atoms with Crippen molar-refractivity contribution < 1.29 is 0 Å². The Labute approximate surface area is 72.8 Å². The van der Waals surface area contributed by atoms with Gasteiger partial charge in [-0.05, 0) is 18.6 Å². The number of rotatable bonds is 0. The zero-order valence-electron chi connectivity index (χ0n) is 6.34. The summed E-state index contributed by atoms with van der Waals surface area (Å²) in [5.74, 6) is 0. The molecule has 0 spiro atoms. The first kappa shape index (κ1) is 7.36. The minimum Gasteiger partial charge on any atom is -0.249 e. The molecular weight excluding hydrogens is 178 g/mol. The SMILES string of the molecule is Cc1cc2n[nH]c(=O)n2cc1Cl. The Morgan fingerprint density at radius 1 is 1.67 bits per heavy atom. The van der Waals surface area contributed by atoms with E-state index in [2.05, 4.69) is 10.2 Å². The zero-order chi connectivity index (χ0) is 8.72. The minimum absolute atomic E-state index is 0.271. The molecule has 2 aromatic rings. The van der Waals surface area contributed by atoms with E-state index in [1.54, 1.807) is 12.3 Å². The van der Waals surface area contributed by atoms with Gasteiger partial charge in [-0.25, -0.2) is 14.3 Å². The van der Waals surface area contributed by atoms with Crippen molar-refractivity contribution >= 4 is 17.2 Å². The van der Waals surface area contributed by atoms with Crippen molar-refractivity contribution in [3.63, 3.8) is 0 Å². The van der Waals surface area contributed by atoms with Crippen molar-refractivity contribution in [1.29, 1.82) is 0 Å². The molecule has 0 saturated heterocycles. The van der Waals surface area contributed by atoms with Gasteiger partial charge in [0.2, 0.25) is 0 Å². The molecule has 2 heterocycles. The van der Waals surface area contributed by atoms with Crippen LogP contribution in [0.25, 0.3) is 5.65 Å². The standard InChI is InChI=1S/C7H6ClN3O/c1-4-2-6-9-10-7(12)11(6)3-5(4)8/h2-3H,1H3,(H,10,12). The van der Waals surface area contributed by atoms with Gasteiger partial charge in [-0.1, -0.05) is 11.6 Å². The number of aryl methyl sites for hydroxylation is 1. The van der Waals surface area contributed by atoms with Crippen molar-refractivity contribution in [2.45, 2.75) is 6.92 Å². The van der Waals surface area contributed by atoms with Crippen LogP contribution in [0.15, 0.2) is 17.1 Å². The van der Waals surface area contributed by atoms with Gasteiger partial charge < -0.3 is 0 Å². The topological polar surface area (TPSA) is 50.2 Å². The molecule has 0 aliphatic rings. The van der Waals surface area contributed by atoms with Gasteiger partial charge in [0.15, 0.2) is 5.65 Å². The summed E-state index contributed by atoms with van der Waals surface area (Å²) in [7, 11) is 0. The Bertz CT molecular complexity index is 485. The van der Waals surface area contributed by atoms with E-state index in [0.717, 1.165) is 5.56 Å². The quantitative estimate of drug-likeness (QED) is 0.662. The van der Waals surface area contributed by atoms with Gasteiger partial charge in [-0.2, -0.15) is 5.10 Å². The van der Waals surface area contributed by atoms with Crippen LogP contribution in [-0.4, -0.2) is 14.6 Å². The van der Waals surface area contributed by atoms with Crippen LogP contribution in [0, 0.1) is 6.92 Å². The summed E-state index contributed by atoms with van der Waals surface area (Å²) in [5.41, 5.74) is 1.22. The van der Waals surface area contributed by atoms with Gasteiger partial charge in [-0.15, -0.1) is 0 Å². The maximum atomic E-state index is 11.0. The van der Waals surface area contributed by atoms with Crippen molar-refractivity contribution in [2.24, 2.45) is 0 Å². The van der Waals surface area contributed by atoms with E-state index >= 15 is 0 Å². The Kier molecular flexibility index (Phi) is 1.44. The van der Waals surface area contributed by atoms with Crippen LogP contribution in [0.2, 0.25) is 5.02 Å². The Morgan fingerprint density at radius 2 is 2.42 bits per heavy atom. The molecule has 0 amide bonds. The number of H-pyrrole nitrogens is 1. The van der Waals surface area contributed by atoms with Crippen LogP contribution in [0.3, 0.4) is 0 Å². The molecule has 62 valence electrons. The highest BCUT2D eigenvalue weighted by Gasteiger charge is 2.02. The average Bonchev–Trinajstić information content (AvgIpc) is 2.35. The number of halogens is 1. The first-order valence-corrected chi connectivity index (χ1v) is 3.79. The van der Waals surface area contributed by atoms with Gasteiger partial charge in [0.25, 0.3) is 0 Å². The molecule has 12 heavy (non-hydrogen) atoms. The number of nitrogens with one attached hydrogen (secondary N) is 1. The van der Waals surface area contributed by atoms with Gasteiger partial charge in [0, 0.05) is 6.20 Å². The smallest absolute Gasteiger partial charge is 0.249 e. The number of nitrogens with zero attached hydrogens (tertiary/aromatic N) is 2. The molecule has 2 aromatic heterocycles. The van der Waals surface area contributed by atoms with E-state index < -0.39 is 0 Å². The third-order valence-electron chi connectivity index (χ3n) is 1.70. The van der Waals surface area contributed by atoms with E-state index in [0.29, 0.717) is 10.7 Å². The Balaban J connectivity index is 2.97. The highest BCUT2D eigenvalue weighted by molar-refractivity contribution is 6.31. The molecule has 4 nitrogen and oxygen atoms in total. The van der Waals surface area contributed by atoms with E-state index in [1.807, 2.05) is 6.92 Å². The molecule has 0 unspecified atom stereocenters. The zero-order valence-corrected chi connectivity index (χ0v) is 7.09. The van der Waals surface area contributed by atoms with Crippen molar-refractivity contribution in [1.82, 2.24) is 14.6 Å². The lowest BCUT2D eigenvalue weighted by Crippen LogP contribution is -2.08. The van der Waals surface area contributed by atoms with E-state index in [-0.39, 0.29) is 5.69 Å². The molecule has 0 aromatic carbocycles. The third kappa shape index (κ3) is 0.921. The summed E-state index contributed by atoms with van der Waals surface area (Å²) in [6.07, 6.45) is 1.55. The number of hydrogen-bond donors (Lipinski definition) is 1. The fourth-order valence-corrected chi connectivity index (χ4v) is 1.17. The maximum absolute atomic E-state index is 11.0. The molecule has 5 heteroatoms. The first-order chi connectivity index (χ1) is 5.68. The lowest BCUT2D eigenvalue weighted by atomic mass is 10.3. The summed E-state index contributed by atoms with van der Waals surface area (Å²) in [5, 5.41) is 6.68. The van der Waals surface area contributed by atoms with Crippen LogP contribution in [-0.2, 0) is 0 Å². The van der Waals surface area contributed by atoms with E-state index in [4.69, 9.17) is 11.6 Å². The number of aromatic amines is 1. The molecule has 0 atom stereocenters. The van der Waals surface area contributed by atoms with Crippen molar-refractivity contribution in [2.75, 3.05) is 0 Å². The predicted octanol–water partition coefficient (Wildman–Crippen LogP) is 0.984. The molecule has 0 fully saturated rings. The molecule has 0 aliphatic heterocycles. The molecule has 0 radical (unpaired) electrons. The Hall–Kier alpha value is -1.29. The number of hydrogen-bond acceptors (Lipinski definition) is 2. The summed E-state index contributed by atoms with van der Waals surface area (Å²) < 4.78 is 1.37. The summed E-state index contributed by atoms with van der Waals surface area (Å²) in [6, 6.07) is 1.75. The third-order valence-corrected chi connectivity index (χ3v) is 2.09. The predicted molar refractivity (Wildman–Crippen MR) is 45.6 cm³/mol. The highest BCUT2D eigenvalue weighted by atomic mass is 35.5. The monoisotopic (exact) mass is 183 g/mol. The number of aromatic nitrogens is 3. The second-order valence-corrected chi connectivity index (χ2v) is 2.97. The van der Waals surface area contributed by atoms with Crippen LogP contribution in [0.5, 0.6) is 0 Å². The molecule has 1 N–H and O–H groups in total. The van der Waals surface area contributed by atoms with E-state index in [1.165, 1.54) is 4.40 Å². The normalized spacial score (nSPS) is 10.8. The fourth-order valence-electron chi connectivity index (χ4n) is 1.02. The summed E-state index contributed by atoms with van der Waals surface area (Å²) in [6.45, 7) is 1.86. The summed E-state index contributed by atoms with van der Waals surface area (Å²) >= 11 is 5.82.